The molecule has 0 amide bonds. The van der Waals surface area contributed by atoms with E-state index in [9.17, 15) is 4.79 Å². The van der Waals surface area contributed by atoms with Crippen LogP contribution in [0, 0.1) is 11.8 Å². The molecule has 0 unspecified atom stereocenters. The average molecular weight is 190 g/mol. The van der Waals surface area contributed by atoms with Gasteiger partial charge < -0.3 is 9.47 Å². The summed E-state index contributed by atoms with van der Waals surface area (Å²) >= 11 is 0. The first kappa shape index (κ1) is 7.85. The third-order valence-electron chi connectivity index (χ3n) is 2.79. The smallest absolute Gasteiger partial charge is 0.312 e. The Labute approximate surface area is 81.7 Å². The zero-order chi connectivity index (χ0) is 9.54. The number of fused-ring (bicyclic) bond motifs is 2. The molecule has 14 heavy (non-hydrogen) atoms. The lowest BCUT2D eigenvalue weighted by molar-refractivity contribution is -0.135. The number of allylic oxidation sites excluding steroid dienone is 3. The van der Waals surface area contributed by atoms with Crippen LogP contribution in [-0.2, 0) is 14.3 Å². The van der Waals surface area contributed by atoms with Gasteiger partial charge in [-0.15, -0.1) is 0 Å². The molecule has 0 aromatic heterocycles. The summed E-state index contributed by atoms with van der Waals surface area (Å²) in [6.07, 6.45) is 9.21. The molecule has 72 valence electrons. The van der Waals surface area contributed by atoms with E-state index < -0.39 is 0 Å². The summed E-state index contributed by atoms with van der Waals surface area (Å²) in [7, 11) is 0. The summed E-state index contributed by atoms with van der Waals surface area (Å²) in [5.41, 5.74) is 0. The fraction of sp³-hybridized carbons (Fsp3) is 0.364. The van der Waals surface area contributed by atoms with E-state index in [-0.39, 0.29) is 17.8 Å². The van der Waals surface area contributed by atoms with Crippen molar-refractivity contribution in [2.45, 2.75) is 12.8 Å². The van der Waals surface area contributed by atoms with Crippen molar-refractivity contribution in [1.29, 1.82) is 0 Å². The summed E-state index contributed by atoms with van der Waals surface area (Å²) in [6, 6.07) is 0. The minimum atomic E-state index is -0.154. The number of ether oxygens (including phenoxy) is 2. The van der Waals surface area contributed by atoms with E-state index in [0.29, 0.717) is 6.42 Å². The van der Waals surface area contributed by atoms with Crippen molar-refractivity contribution in [1.82, 2.24) is 0 Å². The maximum absolute atomic E-state index is 11.1. The zero-order valence-corrected chi connectivity index (χ0v) is 7.60. The highest BCUT2D eigenvalue weighted by molar-refractivity contribution is 5.75. The number of carbonyl (C=O) groups excluding carboxylic acids is 1. The largest absolute Gasteiger partial charge is 0.465 e. The Morgan fingerprint density at radius 3 is 3.07 bits per heavy atom. The van der Waals surface area contributed by atoms with Crippen molar-refractivity contribution in [3.05, 3.63) is 36.0 Å². The highest BCUT2D eigenvalue weighted by Crippen LogP contribution is 2.39. The third kappa shape index (κ3) is 1.02. The van der Waals surface area contributed by atoms with Crippen molar-refractivity contribution in [2.24, 2.45) is 11.8 Å². The first-order valence-electron chi connectivity index (χ1n) is 4.79. The lowest BCUT2D eigenvalue weighted by atomic mass is 10.0. The van der Waals surface area contributed by atoms with Crippen LogP contribution in [-0.4, -0.2) is 5.97 Å². The van der Waals surface area contributed by atoms with Crippen LogP contribution < -0.4 is 0 Å². The van der Waals surface area contributed by atoms with Crippen molar-refractivity contribution >= 4 is 5.97 Å². The minimum Gasteiger partial charge on any atom is -0.465 e. The average Bonchev–Trinajstić information content (AvgIpc) is 2.70. The molecule has 0 bridgehead atoms. The molecule has 0 aromatic carbocycles. The Bertz CT molecular complexity index is 376. The molecule has 0 aromatic rings. The van der Waals surface area contributed by atoms with Gasteiger partial charge in [-0.25, -0.2) is 0 Å². The number of hydrogen-bond donors (Lipinski definition) is 0. The molecule has 3 aliphatic rings. The second kappa shape index (κ2) is 2.74. The third-order valence-corrected chi connectivity index (χ3v) is 2.79. The van der Waals surface area contributed by atoms with Gasteiger partial charge in [0, 0.05) is 11.8 Å². The van der Waals surface area contributed by atoms with Crippen LogP contribution in [0.25, 0.3) is 0 Å². The van der Waals surface area contributed by atoms with Crippen LogP contribution in [0.2, 0.25) is 0 Å². The molecular formula is C11H10O3. The Morgan fingerprint density at radius 1 is 1.21 bits per heavy atom. The van der Waals surface area contributed by atoms with Gasteiger partial charge >= 0.3 is 5.97 Å². The van der Waals surface area contributed by atoms with Crippen molar-refractivity contribution in [3.8, 4) is 0 Å². The van der Waals surface area contributed by atoms with Gasteiger partial charge in [0.1, 0.15) is 5.76 Å². The minimum absolute atomic E-state index is 0.0994. The fourth-order valence-corrected chi connectivity index (χ4v) is 2.10. The van der Waals surface area contributed by atoms with Crippen LogP contribution in [0.5, 0.6) is 0 Å². The first-order valence-corrected chi connectivity index (χ1v) is 4.79. The molecule has 3 nitrogen and oxygen atoms in total. The normalized spacial score (nSPS) is 33.6. The highest BCUT2D eigenvalue weighted by Gasteiger charge is 2.36. The quantitative estimate of drug-likeness (QED) is 0.432. The van der Waals surface area contributed by atoms with Crippen LogP contribution in [0.4, 0.5) is 0 Å². The Morgan fingerprint density at radius 2 is 2.14 bits per heavy atom. The standard InChI is InChI=1S/C11H10O3/c12-9-6-8-3-1-2-7-4-5-13-10(7)11(8)14-9/h1,3-5,7-8H,2,6H2/t7-,8+/m1/s1. The molecule has 3 rings (SSSR count). The van der Waals surface area contributed by atoms with E-state index in [0.717, 1.165) is 17.9 Å². The Balaban J connectivity index is 2.06. The zero-order valence-electron chi connectivity index (χ0n) is 7.60. The predicted molar refractivity (Wildman–Crippen MR) is 48.7 cm³/mol. The maximum atomic E-state index is 11.1. The molecule has 2 atom stereocenters. The van der Waals surface area contributed by atoms with E-state index in [1.807, 2.05) is 12.2 Å². The maximum Gasteiger partial charge on any atom is 0.312 e. The summed E-state index contributed by atoms with van der Waals surface area (Å²) in [5, 5.41) is 0. The van der Waals surface area contributed by atoms with E-state index in [1.165, 1.54) is 0 Å². The van der Waals surface area contributed by atoms with E-state index in [1.54, 1.807) is 6.26 Å². The molecule has 0 saturated carbocycles. The van der Waals surface area contributed by atoms with Gasteiger partial charge in [-0.1, -0.05) is 12.2 Å². The van der Waals surface area contributed by atoms with E-state index in [2.05, 4.69) is 6.08 Å². The van der Waals surface area contributed by atoms with Gasteiger partial charge in [0.15, 0.2) is 5.76 Å². The number of esters is 1. The molecule has 0 N–H and O–H groups in total. The molecule has 1 aliphatic carbocycles. The van der Waals surface area contributed by atoms with Crippen molar-refractivity contribution in [2.75, 3.05) is 0 Å². The summed E-state index contributed by atoms with van der Waals surface area (Å²) < 4.78 is 10.6. The summed E-state index contributed by atoms with van der Waals surface area (Å²) in [6.45, 7) is 0. The molecule has 3 heteroatoms. The van der Waals surface area contributed by atoms with Crippen LogP contribution in [0.1, 0.15) is 12.8 Å². The lowest BCUT2D eigenvalue weighted by Gasteiger charge is -2.09. The van der Waals surface area contributed by atoms with E-state index in [4.69, 9.17) is 9.47 Å². The Kier molecular flexibility index (Phi) is 1.54. The van der Waals surface area contributed by atoms with Gasteiger partial charge in [-0.05, 0) is 12.5 Å². The molecule has 2 aliphatic heterocycles. The van der Waals surface area contributed by atoms with Crippen molar-refractivity contribution < 1.29 is 14.3 Å². The van der Waals surface area contributed by atoms with Gasteiger partial charge in [-0.3, -0.25) is 4.79 Å². The number of hydrogen-bond acceptors (Lipinski definition) is 3. The van der Waals surface area contributed by atoms with Crippen LogP contribution in [0.15, 0.2) is 36.0 Å². The van der Waals surface area contributed by atoms with Gasteiger partial charge in [0.05, 0.1) is 12.7 Å². The van der Waals surface area contributed by atoms with Gasteiger partial charge in [0.25, 0.3) is 0 Å². The summed E-state index contributed by atoms with van der Waals surface area (Å²) in [4.78, 5) is 11.1. The van der Waals surface area contributed by atoms with Crippen LogP contribution >= 0.6 is 0 Å². The predicted octanol–water partition coefficient (Wildman–Crippen LogP) is 1.88. The second-order valence-corrected chi connectivity index (χ2v) is 3.73. The Hall–Kier alpha value is -1.51. The van der Waals surface area contributed by atoms with E-state index >= 15 is 0 Å². The van der Waals surface area contributed by atoms with Gasteiger partial charge in [-0.2, -0.15) is 0 Å². The molecule has 1 saturated heterocycles. The fourth-order valence-electron chi connectivity index (χ4n) is 2.10. The second-order valence-electron chi connectivity index (χ2n) is 3.73. The van der Waals surface area contributed by atoms with Gasteiger partial charge in [0.2, 0.25) is 0 Å². The lowest BCUT2D eigenvalue weighted by Crippen LogP contribution is -2.02. The number of carbonyl (C=O) groups is 1. The first-order chi connectivity index (χ1) is 6.84. The van der Waals surface area contributed by atoms with Crippen molar-refractivity contribution in [3.63, 3.8) is 0 Å². The molecule has 0 spiro atoms. The molecule has 0 radical (unpaired) electrons. The molecule has 1 fully saturated rings. The molecule has 2 heterocycles. The molecular weight excluding hydrogens is 180 g/mol. The SMILES string of the molecule is O=C1C[C@@H]2C=CC[C@@H]3C=COC3=C2O1. The van der Waals surface area contributed by atoms with Crippen LogP contribution in [0.3, 0.4) is 0 Å². The summed E-state index contributed by atoms with van der Waals surface area (Å²) in [5.74, 6) is 1.75. The highest BCUT2D eigenvalue weighted by atomic mass is 16.6. The number of rotatable bonds is 0. The topological polar surface area (TPSA) is 35.5 Å². The monoisotopic (exact) mass is 190 g/mol.